The van der Waals surface area contributed by atoms with Crippen LogP contribution in [0.15, 0.2) is 66.9 Å². The Balaban J connectivity index is 1.96. The lowest BCUT2D eigenvalue weighted by molar-refractivity contribution is 1.03. The number of aromatic amines is 1. The predicted molar refractivity (Wildman–Crippen MR) is 88.2 cm³/mol. The van der Waals surface area contributed by atoms with Crippen molar-refractivity contribution in [1.29, 1.82) is 0 Å². The number of benzene rings is 2. The highest BCUT2D eigenvalue weighted by Gasteiger charge is 2.14. The first kappa shape index (κ1) is 11.5. The molecule has 4 heteroatoms. The van der Waals surface area contributed by atoms with E-state index in [0.717, 1.165) is 33.5 Å². The summed E-state index contributed by atoms with van der Waals surface area (Å²) in [5.74, 6) is 0.797. The highest BCUT2D eigenvalue weighted by Crippen LogP contribution is 2.29. The molecule has 1 N–H and O–H groups in total. The summed E-state index contributed by atoms with van der Waals surface area (Å²) in [7, 11) is 0. The van der Waals surface area contributed by atoms with Crippen LogP contribution in [0.3, 0.4) is 0 Å². The summed E-state index contributed by atoms with van der Waals surface area (Å²) in [4.78, 5) is 12.7. The molecule has 0 saturated heterocycles. The number of nitrogens with zero attached hydrogens (tertiary/aromatic N) is 3. The highest BCUT2D eigenvalue weighted by molar-refractivity contribution is 6.07. The number of hydrogen-bond donors (Lipinski definition) is 1. The topological polar surface area (TPSA) is 46.5 Å². The van der Waals surface area contributed by atoms with E-state index in [1.807, 2.05) is 42.6 Å². The molecule has 22 heavy (non-hydrogen) atoms. The summed E-state index contributed by atoms with van der Waals surface area (Å²) >= 11 is 0. The summed E-state index contributed by atoms with van der Waals surface area (Å²) in [5.41, 5.74) is 4.01. The fraction of sp³-hybridized carbons (Fsp3) is 0. The van der Waals surface area contributed by atoms with Gasteiger partial charge in [0.05, 0.1) is 16.6 Å². The van der Waals surface area contributed by atoms with Crippen LogP contribution in [-0.4, -0.2) is 19.5 Å². The minimum Gasteiger partial charge on any atom is -0.323 e. The van der Waals surface area contributed by atoms with Gasteiger partial charge in [0.2, 0.25) is 5.95 Å². The van der Waals surface area contributed by atoms with Crippen LogP contribution < -0.4 is 0 Å². The SMILES string of the molecule is c1ccc2[nH]c(-n3c4ccccc4c4cccnc43)nc2c1. The first-order chi connectivity index (χ1) is 10.9. The van der Waals surface area contributed by atoms with Crippen LogP contribution in [0, 0.1) is 0 Å². The zero-order chi connectivity index (χ0) is 14.5. The van der Waals surface area contributed by atoms with Crippen molar-refractivity contribution in [2.45, 2.75) is 0 Å². The van der Waals surface area contributed by atoms with Crippen molar-refractivity contribution in [2.24, 2.45) is 0 Å². The van der Waals surface area contributed by atoms with Crippen molar-refractivity contribution in [3.63, 3.8) is 0 Å². The van der Waals surface area contributed by atoms with E-state index in [-0.39, 0.29) is 0 Å². The van der Waals surface area contributed by atoms with Gasteiger partial charge in [-0.25, -0.2) is 9.97 Å². The molecule has 4 nitrogen and oxygen atoms in total. The Hall–Kier alpha value is -3.14. The number of fused-ring (bicyclic) bond motifs is 4. The van der Waals surface area contributed by atoms with Crippen LogP contribution in [0.4, 0.5) is 0 Å². The number of imidazole rings is 1. The standard InChI is InChI=1S/C18H12N4/c1-4-10-16-12(6-1)13-7-5-11-19-17(13)22(16)18-20-14-8-2-3-9-15(14)21-18/h1-11H,(H,20,21). The second-order valence-electron chi connectivity index (χ2n) is 5.30. The summed E-state index contributed by atoms with van der Waals surface area (Å²) in [5, 5.41) is 2.32. The van der Waals surface area contributed by atoms with Gasteiger partial charge in [-0.3, -0.25) is 4.57 Å². The van der Waals surface area contributed by atoms with E-state index in [4.69, 9.17) is 4.98 Å². The van der Waals surface area contributed by atoms with E-state index < -0.39 is 0 Å². The molecule has 0 unspecified atom stereocenters. The minimum absolute atomic E-state index is 0.797. The quantitative estimate of drug-likeness (QED) is 0.504. The Labute approximate surface area is 126 Å². The number of nitrogens with one attached hydrogen (secondary N) is 1. The van der Waals surface area contributed by atoms with E-state index in [0.29, 0.717) is 0 Å². The lowest BCUT2D eigenvalue weighted by atomic mass is 10.2. The second-order valence-corrected chi connectivity index (χ2v) is 5.30. The van der Waals surface area contributed by atoms with Crippen LogP contribution in [0.25, 0.3) is 38.9 Å². The van der Waals surface area contributed by atoms with Crippen molar-refractivity contribution in [3.05, 3.63) is 66.9 Å². The molecule has 0 spiro atoms. The monoisotopic (exact) mass is 284 g/mol. The molecule has 0 atom stereocenters. The Bertz CT molecular complexity index is 1050. The Kier molecular flexibility index (Phi) is 2.19. The lowest BCUT2D eigenvalue weighted by Gasteiger charge is -2.01. The number of H-pyrrole nitrogens is 1. The average Bonchev–Trinajstić information content (AvgIpc) is 3.13. The van der Waals surface area contributed by atoms with Crippen molar-refractivity contribution >= 4 is 33.0 Å². The number of pyridine rings is 1. The van der Waals surface area contributed by atoms with Gasteiger partial charge < -0.3 is 4.98 Å². The van der Waals surface area contributed by atoms with Gasteiger partial charge in [-0.1, -0.05) is 30.3 Å². The van der Waals surface area contributed by atoms with Gasteiger partial charge in [-0.15, -0.1) is 0 Å². The highest BCUT2D eigenvalue weighted by atomic mass is 15.2. The largest absolute Gasteiger partial charge is 0.323 e. The fourth-order valence-electron chi connectivity index (χ4n) is 3.06. The Morgan fingerprint density at radius 2 is 1.64 bits per heavy atom. The summed E-state index contributed by atoms with van der Waals surface area (Å²) in [6, 6.07) is 20.4. The molecule has 0 aliphatic heterocycles. The zero-order valence-corrected chi connectivity index (χ0v) is 11.7. The van der Waals surface area contributed by atoms with Crippen LogP contribution in [0.2, 0.25) is 0 Å². The number of hydrogen-bond acceptors (Lipinski definition) is 2. The molecule has 2 aromatic carbocycles. The van der Waals surface area contributed by atoms with Gasteiger partial charge in [0, 0.05) is 17.0 Å². The maximum absolute atomic E-state index is 4.72. The van der Waals surface area contributed by atoms with E-state index in [2.05, 4.69) is 38.8 Å². The number of aromatic nitrogens is 4. The first-order valence-electron chi connectivity index (χ1n) is 7.21. The van der Waals surface area contributed by atoms with Crippen molar-refractivity contribution in [3.8, 4) is 5.95 Å². The average molecular weight is 284 g/mol. The number of para-hydroxylation sites is 3. The maximum Gasteiger partial charge on any atom is 0.214 e. The molecule has 0 aliphatic carbocycles. The predicted octanol–water partition coefficient (Wildman–Crippen LogP) is 4.06. The van der Waals surface area contributed by atoms with Crippen LogP contribution in [-0.2, 0) is 0 Å². The van der Waals surface area contributed by atoms with Crippen molar-refractivity contribution in [2.75, 3.05) is 0 Å². The molecule has 5 rings (SSSR count). The van der Waals surface area contributed by atoms with E-state index in [9.17, 15) is 0 Å². The summed E-state index contributed by atoms with van der Waals surface area (Å²) < 4.78 is 2.09. The van der Waals surface area contributed by atoms with E-state index >= 15 is 0 Å². The molecule has 0 fully saturated rings. The lowest BCUT2D eigenvalue weighted by Crippen LogP contribution is -1.97. The third-order valence-electron chi connectivity index (χ3n) is 4.02. The zero-order valence-electron chi connectivity index (χ0n) is 11.7. The van der Waals surface area contributed by atoms with Gasteiger partial charge >= 0.3 is 0 Å². The fourth-order valence-corrected chi connectivity index (χ4v) is 3.06. The molecular formula is C18H12N4. The smallest absolute Gasteiger partial charge is 0.214 e. The normalized spacial score (nSPS) is 11.6. The molecule has 3 aromatic heterocycles. The minimum atomic E-state index is 0.797. The molecule has 0 aliphatic rings. The molecule has 0 bridgehead atoms. The third kappa shape index (κ3) is 1.46. The Morgan fingerprint density at radius 3 is 2.59 bits per heavy atom. The maximum atomic E-state index is 4.72. The van der Waals surface area contributed by atoms with Gasteiger partial charge in [0.25, 0.3) is 0 Å². The molecule has 0 radical (unpaired) electrons. The van der Waals surface area contributed by atoms with E-state index in [1.54, 1.807) is 0 Å². The van der Waals surface area contributed by atoms with Crippen molar-refractivity contribution in [1.82, 2.24) is 19.5 Å². The van der Waals surface area contributed by atoms with Crippen LogP contribution in [0.1, 0.15) is 0 Å². The third-order valence-corrected chi connectivity index (χ3v) is 4.02. The molecule has 3 heterocycles. The second kappa shape index (κ2) is 4.18. The van der Waals surface area contributed by atoms with E-state index in [1.165, 1.54) is 5.39 Å². The van der Waals surface area contributed by atoms with Gasteiger partial charge in [-0.2, -0.15) is 0 Å². The van der Waals surface area contributed by atoms with Crippen LogP contribution in [0.5, 0.6) is 0 Å². The van der Waals surface area contributed by atoms with Gasteiger partial charge in [-0.05, 0) is 30.3 Å². The van der Waals surface area contributed by atoms with Gasteiger partial charge in [0.15, 0.2) is 0 Å². The summed E-state index contributed by atoms with van der Waals surface area (Å²) in [6.45, 7) is 0. The van der Waals surface area contributed by atoms with Crippen molar-refractivity contribution < 1.29 is 0 Å². The number of rotatable bonds is 1. The summed E-state index contributed by atoms with van der Waals surface area (Å²) in [6.07, 6.45) is 1.82. The molecule has 104 valence electrons. The molecule has 5 aromatic rings. The van der Waals surface area contributed by atoms with Gasteiger partial charge in [0.1, 0.15) is 5.65 Å². The molecular weight excluding hydrogens is 272 g/mol. The molecule has 0 saturated carbocycles. The van der Waals surface area contributed by atoms with Crippen LogP contribution >= 0.6 is 0 Å². The first-order valence-corrected chi connectivity index (χ1v) is 7.21. The Morgan fingerprint density at radius 1 is 0.818 bits per heavy atom. The molecule has 0 amide bonds.